The molecule has 3 N–H and O–H groups in total. The van der Waals surface area contributed by atoms with Crippen LogP contribution in [0.3, 0.4) is 0 Å². The Morgan fingerprint density at radius 2 is 2.04 bits per heavy atom. The second-order valence-corrected chi connectivity index (χ2v) is 7.17. The molecular formula is C18H22N4O4S. The standard InChI is InChI=1S/C18H22N4O4S/c1-26-13-4-2-3-12(11-14-17(24)20-18(25)27-14)16(13)22-9-7-21(8-10-22)15(23)5-6-19/h2-4,11H,5-10,19H2,1H3,(H,20,24,25)/b14-11-. The van der Waals surface area contributed by atoms with Gasteiger partial charge in [0.25, 0.3) is 11.1 Å². The van der Waals surface area contributed by atoms with Crippen molar-refractivity contribution in [3.8, 4) is 5.75 Å². The van der Waals surface area contributed by atoms with E-state index in [1.807, 2.05) is 23.1 Å². The first-order valence-electron chi connectivity index (χ1n) is 8.68. The zero-order valence-corrected chi connectivity index (χ0v) is 15.9. The highest BCUT2D eigenvalue weighted by Gasteiger charge is 2.27. The molecule has 0 aromatic heterocycles. The largest absolute Gasteiger partial charge is 0.495 e. The molecule has 1 aromatic rings. The van der Waals surface area contributed by atoms with Gasteiger partial charge in [-0.15, -0.1) is 0 Å². The van der Waals surface area contributed by atoms with Gasteiger partial charge in [0.05, 0.1) is 17.7 Å². The molecule has 0 unspecified atom stereocenters. The number of hydrogen-bond acceptors (Lipinski definition) is 7. The molecule has 27 heavy (non-hydrogen) atoms. The van der Waals surface area contributed by atoms with Crippen molar-refractivity contribution in [2.24, 2.45) is 5.73 Å². The SMILES string of the molecule is COc1cccc(/C=C2\SC(=O)NC2=O)c1N1CCN(C(=O)CCN)CC1. The van der Waals surface area contributed by atoms with E-state index in [9.17, 15) is 14.4 Å². The number of nitrogens with two attached hydrogens (primary N) is 1. The van der Waals surface area contributed by atoms with Gasteiger partial charge in [-0.3, -0.25) is 19.7 Å². The summed E-state index contributed by atoms with van der Waals surface area (Å²) in [6, 6.07) is 5.58. The molecule has 0 spiro atoms. The van der Waals surface area contributed by atoms with E-state index in [0.717, 1.165) is 23.0 Å². The van der Waals surface area contributed by atoms with Crippen LogP contribution in [0, 0.1) is 0 Å². The van der Waals surface area contributed by atoms with Crippen molar-refractivity contribution in [2.75, 3.05) is 44.7 Å². The molecule has 2 fully saturated rings. The predicted octanol–water partition coefficient (Wildman–Crippen LogP) is 1.02. The van der Waals surface area contributed by atoms with Gasteiger partial charge in [0.15, 0.2) is 0 Å². The molecule has 2 aliphatic rings. The molecule has 2 heterocycles. The van der Waals surface area contributed by atoms with Crippen LogP contribution >= 0.6 is 11.8 Å². The first kappa shape index (κ1) is 19.2. The molecule has 144 valence electrons. The Hall–Kier alpha value is -2.52. The van der Waals surface area contributed by atoms with E-state index >= 15 is 0 Å². The Morgan fingerprint density at radius 3 is 2.63 bits per heavy atom. The molecular weight excluding hydrogens is 368 g/mol. The molecule has 9 heteroatoms. The summed E-state index contributed by atoms with van der Waals surface area (Å²) in [5.74, 6) is 0.355. The van der Waals surface area contributed by atoms with Crippen LogP contribution in [-0.2, 0) is 9.59 Å². The van der Waals surface area contributed by atoms with Crippen LogP contribution in [0.1, 0.15) is 12.0 Å². The number of thioether (sulfide) groups is 1. The van der Waals surface area contributed by atoms with Crippen LogP contribution in [0.5, 0.6) is 5.75 Å². The van der Waals surface area contributed by atoms with Crippen molar-refractivity contribution in [2.45, 2.75) is 6.42 Å². The molecule has 0 saturated carbocycles. The van der Waals surface area contributed by atoms with Gasteiger partial charge in [0.2, 0.25) is 5.91 Å². The van der Waals surface area contributed by atoms with Gasteiger partial charge in [-0.25, -0.2) is 0 Å². The Morgan fingerprint density at radius 1 is 1.30 bits per heavy atom. The van der Waals surface area contributed by atoms with Crippen molar-refractivity contribution in [3.05, 3.63) is 28.7 Å². The van der Waals surface area contributed by atoms with Crippen LogP contribution in [0.2, 0.25) is 0 Å². The van der Waals surface area contributed by atoms with E-state index in [1.165, 1.54) is 0 Å². The van der Waals surface area contributed by atoms with Gasteiger partial charge in [-0.2, -0.15) is 0 Å². The van der Waals surface area contributed by atoms with Gasteiger partial charge in [-0.05, 0) is 23.9 Å². The fraction of sp³-hybridized carbons (Fsp3) is 0.389. The Labute approximate surface area is 161 Å². The van der Waals surface area contributed by atoms with Crippen molar-refractivity contribution in [3.63, 3.8) is 0 Å². The highest BCUT2D eigenvalue weighted by molar-refractivity contribution is 8.18. The lowest BCUT2D eigenvalue weighted by atomic mass is 10.1. The number of para-hydroxylation sites is 1. The first-order chi connectivity index (χ1) is 13.0. The molecule has 0 aliphatic carbocycles. The highest BCUT2D eigenvalue weighted by Crippen LogP contribution is 2.36. The summed E-state index contributed by atoms with van der Waals surface area (Å²) in [6.45, 7) is 2.83. The van der Waals surface area contributed by atoms with E-state index in [2.05, 4.69) is 10.2 Å². The van der Waals surface area contributed by atoms with Crippen LogP contribution in [0.15, 0.2) is 23.1 Å². The van der Waals surface area contributed by atoms with Crippen molar-refractivity contribution in [1.29, 1.82) is 0 Å². The third kappa shape index (κ3) is 4.25. The number of methoxy groups -OCH3 is 1. The fourth-order valence-corrected chi connectivity index (χ4v) is 3.86. The van der Waals surface area contributed by atoms with Gasteiger partial charge >= 0.3 is 0 Å². The summed E-state index contributed by atoms with van der Waals surface area (Å²) in [7, 11) is 1.59. The van der Waals surface area contributed by atoms with Gasteiger partial charge in [-0.1, -0.05) is 12.1 Å². The van der Waals surface area contributed by atoms with Crippen LogP contribution < -0.4 is 20.7 Å². The average molecular weight is 390 g/mol. The summed E-state index contributed by atoms with van der Waals surface area (Å²) in [5.41, 5.74) is 7.12. The first-order valence-corrected chi connectivity index (χ1v) is 9.49. The number of amides is 3. The Kier molecular flexibility index (Phi) is 6.02. The van der Waals surface area contributed by atoms with E-state index in [-0.39, 0.29) is 11.1 Å². The summed E-state index contributed by atoms with van der Waals surface area (Å²) in [5, 5.41) is 1.89. The van der Waals surface area contributed by atoms with Crippen LogP contribution in [0.4, 0.5) is 10.5 Å². The van der Waals surface area contributed by atoms with E-state index < -0.39 is 5.91 Å². The second kappa shape index (κ2) is 8.45. The summed E-state index contributed by atoms with van der Waals surface area (Å²) < 4.78 is 5.52. The smallest absolute Gasteiger partial charge is 0.290 e. The van der Waals surface area contributed by atoms with Crippen LogP contribution in [-0.4, -0.2) is 61.8 Å². The van der Waals surface area contributed by atoms with E-state index in [1.54, 1.807) is 13.2 Å². The van der Waals surface area contributed by atoms with Crippen molar-refractivity contribution in [1.82, 2.24) is 10.2 Å². The number of benzene rings is 1. The van der Waals surface area contributed by atoms with E-state index in [4.69, 9.17) is 10.5 Å². The van der Waals surface area contributed by atoms with E-state index in [0.29, 0.717) is 49.8 Å². The third-order valence-electron chi connectivity index (χ3n) is 4.49. The monoisotopic (exact) mass is 390 g/mol. The summed E-state index contributed by atoms with van der Waals surface area (Å²) in [6.07, 6.45) is 2.06. The quantitative estimate of drug-likeness (QED) is 0.723. The maximum absolute atomic E-state index is 12.0. The number of imide groups is 1. The molecule has 2 saturated heterocycles. The van der Waals surface area contributed by atoms with Crippen molar-refractivity contribution < 1.29 is 19.1 Å². The second-order valence-electron chi connectivity index (χ2n) is 6.16. The number of rotatable bonds is 5. The maximum Gasteiger partial charge on any atom is 0.290 e. The summed E-state index contributed by atoms with van der Waals surface area (Å²) in [4.78, 5) is 39.7. The number of anilines is 1. The number of carbonyl (C=O) groups is 3. The van der Waals surface area contributed by atoms with Crippen molar-refractivity contribution >= 4 is 40.6 Å². The van der Waals surface area contributed by atoms with Gasteiger partial charge < -0.3 is 20.3 Å². The normalized spacial score (nSPS) is 18.8. The number of carbonyl (C=O) groups excluding carboxylic acids is 3. The van der Waals surface area contributed by atoms with Gasteiger partial charge in [0, 0.05) is 44.7 Å². The number of nitrogens with one attached hydrogen (secondary N) is 1. The molecule has 0 radical (unpaired) electrons. The number of piperazine rings is 1. The number of hydrogen-bond donors (Lipinski definition) is 2. The molecule has 0 atom stereocenters. The third-order valence-corrected chi connectivity index (χ3v) is 5.30. The zero-order chi connectivity index (χ0) is 19.4. The topological polar surface area (TPSA) is 105 Å². The molecule has 3 rings (SSSR count). The zero-order valence-electron chi connectivity index (χ0n) is 15.1. The average Bonchev–Trinajstić information content (AvgIpc) is 2.98. The minimum Gasteiger partial charge on any atom is -0.495 e. The number of nitrogens with zero attached hydrogens (tertiary/aromatic N) is 2. The Bertz CT molecular complexity index is 788. The molecule has 8 nitrogen and oxygen atoms in total. The molecule has 0 bridgehead atoms. The lowest BCUT2D eigenvalue weighted by Gasteiger charge is -2.37. The van der Waals surface area contributed by atoms with Crippen LogP contribution in [0.25, 0.3) is 6.08 Å². The minimum atomic E-state index is -0.393. The predicted molar refractivity (Wildman–Crippen MR) is 105 cm³/mol. The minimum absolute atomic E-state index is 0.0667. The Balaban J connectivity index is 1.85. The highest BCUT2D eigenvalue weighted by atomic mass is 32.2. The lowest BCUT2D eigenvalue weighted by Crippen LogP contribution is -2.49. The lowest BCUT2D eigenvalue weighted by molar-refractivity contribution is -0.131. The summed E-state index contributed by atoms with van der Waals surface area (Å²) >= 11 is 0.885. The number of ether oxygens (including phenoxy) is 1. The maximum atomic E-state index is 12.0. The molecule has 2 aliphatic heterocycles. The molecule has 3 amide bonds. The van der Waals surface area contributed by atoms with Gasteiger partial charge in [0.1, 0.15) is 5.75 Å². The molecule has 1 aromatic carbocycles. The fourth-order valence-electron chi connectivity index (χ4n) is 3.18.